The van der Waals surface area contributed by atoms with E-state index >= 15 is 0 Å². The van der Waals surface area contributed by atoms with Crippen molar-refractivity contribution in [2.45, 2.75) is 64.2 Å². The third kappa shape index (κ3) is 2.88. The summed E-state index contributed by atoms with van der Waals surface area (Å²) in [7, 11) is 0. The van der Waals surface area contributed by atoms with Crippen molar-refractivity contribution >= 4 is 17.4 Å². The Morgan fingerprint density at radius 2 is 2.27 bits per heavy atom. The molecule has 0 N–H and O–H groups in total. The summed E-state index contributed by atoms with van der Waals surface area (Å²) in [4.78, 5) is 15.6. The fourth-order valence-corrected chi connectivity index (χ4v) is 4.64. The minimum absolute atomic E-state index is 0.122. The second-order valence-corrected chi connectivity index (χ2v) is 8.26. The van der Waals surface area contributed by atoms with Gasteiger partial charge in [-0.15, -0.1) is 11.3 Å². The summed E-state index contributed by atoms with van der Waals surface area (Å²) in [5, 5.41) is 2.16. The van der Waals surface area contributed by atoms with Gasteiger partial charge in [0.05, 0.1) is 6.61 Å². The number of hydrogen-bond acceptors (Lipinski definition) is 4. The molecular weight excluding hydrogens is 298 g/mol. The summed E-state index contributed by atoms with van der Waals surface area (Å²) in [5.74, 6) is 0. The molecule has 22 heavy (non-hydrogen) atoms. The first-order valence-corrected chi connectivity index (χ1v) is 8.89. The van der Waals surface area contributed by atoms with Gasteiger partial charge in [-0.25, -0.2) is 4.79 Å². The molecule has 1 fully saturated rings. The van der Waals surface area contributed by atoms with Gasteiger partial charge >= 0.3 is 6.09 Å². The Morgan fingerprint density at radius 1 is 1.50 bits per heavy atom. The maximum absolute atomic E-state index is 12.4. The average Bonchev–Trinajstić information content (AvgIpc) is 2.86. The van der Waals surface area contributed by atoms with E-state index in [1.165, 1.54) is 10.4 Å². The fraction of sp³-hybridized carbons (Fsp3) is 0.706. The summed E-state index contributed by atoms with van der Waals surface area (Å²) in [6, 6.07) is 2.34. The Bertz CT molecular complexity index is 562. The van der Waals surface area contributed by atoms with Crippen LogP contribution >= 0.6 is 11.3 Å². The van der Waals surface area contributed by atoms with E-state index < -0.39 is 5.60 Å². The number of amides is 1. The van der Waals surface area contributed by atoms with Crippen LogP contribution in [-0.4, -0.2) is 35.8 Å². The van der Waals surface area contributed by atoms with Gasteiger partial charge in [0.2, 0.25) is 0 Å². The lowest BCUT2D eigenvalue weighted by Gasteiger charge is -2.46. The highest BCUT2D eigenvalue weighted by Crippen LogP contribution is 2.45. The highest BCUT2D eigenvalue weighted by Gasteiger charge is 2.46. The number of carbonyl (C=O) groups excluding carboxylic acids is 1. The molecule has 5 heteroatoms. The monoisotopic (exact) mass is 323 g/mol. The number of ether oxygens (including phenoxy) is 2. The molecule has 2 aliphatic heterocycles. The Balaban J connectivity index is 1.75. The minimum atomic E-state index is -0.450. The molecule has 2 atom stereocenters. The van der Waals surface area contributed by atoms with E-state index in [1.54, 1.807) is 11.3 Å². The first-order chi connectivity index (χ1) is 10.3. The van der Waals surface area contributed by atoms with E-state index in [-0.39, 0.29) is 17.7 Å². The molecule has 122 valence electrons. The summed E-state index contributed by atoms with van der Waals surface area (Å²) in [6.45, 7) is 9.28. The quantitative estimate of drug-likeness (QED) is 0.726. The molecule has 0 saturated carbocycles. The Hall–Kier alpha value is -1.07. The lowest BCUT2D eigenvalue weighted by Crippen LogP contribution is -2.53. The van der Waals surface area contributed by atoms with Crippen LogP contribution in [0.15, 0.2) is 11.4 Å². The van der Waals surface area contributed by atoms with E-state index in [9.17, 15) is 4.79 Å². The van der Waals surface area contributed by atoms with Crippen LogP contribution in [0.5, 0.6) is 0 Å². The van der Waals surface area contributed by atoms with Crippen molar-refractivity contribution in [2.75, 3.05) is 13.2 Å². The zero-order chi connectivity index (χ0) is 16.0. The number of likely N-dealkylation sites (tertiary alicyclic amines) is 1. The van der Waals surface area contributed by atoms with Crippen molar-refractivity contribution in [2.24, 2.45) is 0 Å². The van der Waals surface area contributed by atoms with Crippen LogP contribution in [0.3, 0.4) is 0 Å². The third-order valence-electron chi connectivity index (χ3n) is 4.45. The van der Waals surface area contributed by atoms with E-state index in [2.05, 4.69) is 18.4 Å². The van der Waals surface area contributed by atoms with Crippen LogP contribution in [0, 0.1) is 0 Å². The second-order valence-electron chi connectivity index (χ2n) is 7.34. The molecule has 3 rings (SSSR count). The van der Waals surface area contributed by atoms with Crippen molar-refractivity contribution in [3.05, 3.63) is 21.9 Å². The largest absolute Gasteiger partial charge is 0.444 e. The number of thiophene rings is 1. The predicted octanol–water partition coefficient (Wildman–Crippen LogP) is 3.94. The molecule has 0 aliphatic carbocycles. The third-order valence-corrected chi connectivity index (χ3v) is 5.59. The van der Waals surface area contributed by atoms with Gasteiger partial charge in [0.25, 0.3) is 0 Å². The lowest BCUT2D eigenvalue weighted by molar-refractivity contribution is -0.108. The summed E-state index contributed by atoms with van der Waals surface area (Å²) < 4.78 is 11.7. The summed E-state index contributed by atoms with van der Waals surface area (Å²) in [5.41, 5.74) is 0.780. The van der Waals surface area contributed by atoms with Gasteiger partial charge in [-0.1, -0.05) is 0 Å². The van der Waals surface area contributed by atoms with Crippen molar-refractivity contribution in [3.63, 3.8) is 0 Å². The summed E-state index contributed by atoms with van der Waals surface area (Å²) in [6.07, 6.45) is 2.49. The molecule has 1 spiro atoms. The highest BCUT2D eigenvalue weighted by molar-refractivity contribution is 7.10. The first kappa shape index (κ1) is 15.8. The standard InChI is InChI=1S/C17H25NO3S/c1-12-11-17(14-13(5-9-20-17)6-10-22-14)7-8-18(12)15(19)21-16(2,3)4/h6,10,12H,5,7-9,11H2,1-4H3/t12-,17?/m0/s1. The normalized spacial score (nSPS) is 28.5. The van der Waals surface area contributed by atoms with Gasteiger partial charge in [-0.2, -0.15) is 0 Å². The molecule has 2 aliphatic rings. The number of nitrogens with zero attached hydrogens (tertiary/aromatic N) is 1. The maximum Gasteiger partial charge on any atom is 0.410 e. The zero-order valence-electron chi connectivity index (χ0n) is 13.8. The van der Waals surface area contributed by atoms with Crippen LogP contribution in [0.25, 0.3) is 0 Å². The molecule has 4 nitrogen and oxygen atoms in total. The van der Waals surface area contributed by atoms with Crippen molar-refractivity contribution in [1.29, 1.82) is 0 Å². The average molecular weight is 323 g/mol. The number of fused-ring (bicyclic) bond motifs is 2. The molecule has 0 radical (unpaired) electrons. The predicted molar refractivity (Wildman–Crippen MR) is 87.3 cm³/mol. The van der Waals surface area contributed by atoms with Crippen molar-refractivity contribution in [1.82, 2.24) is 4.90 Å². The molecular formula is C17H25NO3S. The number of carbonyl (C=O) groups is 1. The molecule has 0 bridgehead atoms. The molecule has 1 unspecified atom stereocenters. The highest BCUT2D eigenvalue weighted by atomic mass is 32.1. The maximum atomic E-state index is 12.4. The molecule has 3 heterocycles. The minimum Gasteiger partial charge on any atom is -0.444 e. The molecule has 1 amide bonds. The van der Waals surface area contributed by atoms with Crippen molar-refractivity contribution < 1.29 is 14.3 Å². The summed E-state index contributed by atoms with van der Waals surface area (Å²) >= 11 is 1.79. The molecule has 1 saturated heterocycles. The lowest BCUT2D eigenvalue weighted by atomic mass is 9.82. The Morgan fingerprint density at radius 3 is 2.95 bits per heavy atom. The Labute approximate surface area is 136 Å². The van der Waals surface area contributed by atoms with Gasteiger partial charge < -0.3 is 14.4 Å². The van der Waals surface area contributed by atoms with E-state index in [0.29, 0.717) is 6.54 Å². The van der Waals surface area contributed by atoms with Crippen LogP contribution in [0.4, 0.5) is 4.79 Å². The Kier molecular flexibility index (Phi) is 3.98. The zero-order valence-corrected chi connectivity index (χ0v) is 14.7. The van der Waals surface area contributed by atoms with Gasteiger partial charge in [-0.05, 0) is 57.5 Å². The first-order valence-electron chi connectivity index (χ1n) is 8.01. The van der Waals surface area contributed by atoms with Gasteiger partial charge in [0.15, 0.2) is 0 Å². The second kappa shape index (κ2) is 5.53. The van der Waals surface area contributed by atoms with Crippen LogP contribution < -0.4 is 0 Å². The smallest absolute Gasteiger partial charge is 0.410 e. The number of hydrogen-bond donors (Lipinski definition) is 0. The van der Waals surface area contributed by atoms with E-state index in [1.807, 2.05) is 25.7 Å². The van der Waals surface area contributed by atoms with Gasteiger partial charge in [0, 0.05) is 23.9 Å². The topological polar surface area (TPSA) is 38.8 Å². The van der Waals surface area contributed by atoms with Crippen LogP contribution in [-0.2, 0) is 21.5 Å². The number of rotatable bonds is 0. The van der Waals surface area contributed by atoms with Crippen LogP contribution in [0.1, 0.15) is 51.0 Å². The van der Waals surface area contributed by atoms with Crippen molar-refractivity contribution in [3.8, 4) is 0 Å². The number of piperidine rings is 1. The van der Waals surface area contributed by atoms with E-state index in [0.717, 1.165) is 25.9 Å². The molecule has 0 aromatic carbocycles. The van der Waals surface area contributed by atoms with Gasteiger partial charge in [-0.3, -0.25) is 0 Å². The van der Waals surface area contributed by atoms with Gasteiger partial charge in [0.1, 0.15) is 11.2 Å². The molecule has 1 aromatic rings. The fourth-order valence-electron chi connectivity index (χ4n) is 3.49. The molecule has 1 aromatic heterocycles. The SMILES string of the molecule is C[C@H]1CC2(CCN1C(=O)OC(C)(C)C)OCCc1ccsc12. The van der Waals surface area contributed by atoms with Crippen LogP contribution in [0.2, 0.25) is 0 Å². The van der Waals surface area contributed by atoms with E-state index in [4.69, 9.17) is 9.47 Å².